The van der Waals surface area contributed by atoms with E-state index in [0.717, 1.165) is 45.4 Å². The van der Waals surface area contributed by atoms with Crippen molar-refractivity contribution >= 4 is 5.91 Å². The predicted molar refractivity (Wildman–Crippen MR) is 75.3 cm³/mol. The van der Waals surface area contributed by atoms with Crippen LogP contribution >= 0.6 is 0 Å². The number of unbranched alkanes of at least 4 members (excludes halogenated alkanes) is 2. The van der Waals surface area contributed by atoms with Gasteiger partial charge >= 0.3 is 0 Å². The number of likely N-dealkylation sites (tertiary alicyclic amines) is 1. The highest BCUT2D eigenvalue weighted by atomic mass is 16.2. The van der Waals surface area contributed by atoms with E-state index in [-0.39, 0.29) is 11.9 Å². The Morgan fingerprint density at radius 2 is 2.06 bits per heavy atom. The average Bonchev–Trinajstić information content (AvgIpc) is 2.42. The Bertz CT molecular complexity index is 237. The molecule has 0 aromatic heterocycles. The lowest BCUT2D eigenvalue weighted by atomic mass is 9.96. The zero-order valence-corrected chi connectivity index (χ0v) is 12.0. The maximum atomic E-state index is 12.0. The molecule has 4 nitrogen and oxygen atoms in total. The van der Waals surface area contributed by atoms with E-state index in [9.17, 15) is 4.79 Å². The lowest BCUT2D eigenvalue weighted by Gasteiger charge is -2.34. The molecule has 1 unspecified atom stereocenters. The van der Waals surface area contributed by atoms with E-state index in [2.05, 4.69) is 17.1 Å². The Morgan fingerprint density at radius 1 is 1.39 bits per heavy atom. The molecule has 18 heavy (non-hydrogen) atoms. The molecule has 1 aliphatic rings. The number of hydrogen-bond acceptors (Lipinski definition) is 3. The molecule has 106 valence electrons. The topological polar surface area (TPSA) is 58.4 Å². The molecule has 0 aromatic rings. The van der Waals surface area contributed by atoms with Gasteiger partial charge in [-0.05, 0) is 51.7 Å². The summed E-state index contributed by atoms with van der Waals surface area (Å²) in [7, 11) is 0. The maximum absolute atomic E-state index is 12.0. The van der Waals surface area contributed by atoms with Gasteiger partial charge in [-0.3, -0.25) is 9.69 Å². The molecule has 0 radical (unpaired) electrons. The summed E-state index contributed by atoms with van der Waals surface area (Å²) >= 11 is 0. The van der Waals surface area contributed by atoms with Gasteiger partial charge < -0.3 is 11.1 Å². The smallest absolute Gasteiger partial charge is 0.237 e. The molecule has 1 atom stereocenters. The normalized spacial score (nSPS) is 19.7. The van der Waals surface area contributed by atoms with Gasteiger partial charge in [0, 0.05) is 6.54 Å². The molecule has 0 aliphatic carbocycles. The lowest BCUT2D eigenvalue weighted by molar-refractivity contribution is -0.126. The molecule has 3 N–H and O–H groups in total. The quantitative estimate of drug-likeness (QED) is 0.675. The van der Waals surface area contributed by atoms with Gasteiger partial charge in [-0.1, -0.05) is 19.8 Å². The van der Waals surface area contributed by atoms with Crippen molar-refractivity contribution in [3.8, 4) is 0 Å². The fourth-order valence-electron chi connectivity index (χ4n) is 2.48. The molecule has 1 saturated heterocycles. The van der Waals surface area contributed by atoms with E-state index >= 15 is 0 Å². The van der Waals surface area contributed by atoms with E-state index < -0.39 is 0 Å². The molecule has 1 amide bonds. The van der Waals surface area contributed by atoms with Crippen molar-refractivity contribution in [1.29, 1.82) is 0 Å². The standard InChI is InChI=1S/C14H29N3O/c1-3-4-5-8-16-14(18)12(2)17-9-6-13(11-15)7-10-17/h12-13H,3-11,15H2,1-2H3,(H,16,18). The van der Waals surface area contributed by atoms with Gasteiger partial charge in [-0.25, -0.2) is 0 Å². The van der Waals surface area contributed by atoms with Crippen molar-refractivity contribution in [2.45, 2.75) is 52.0 Å². The molecule has 1 rings (SSSR count). The van der Waals surface area contributed by atoms with Gasteiger partial charge in [0.05, 0.1) is 6.04 Å². The average molecular weight is 255 g/mol. The SMILES string of the molecule is CCCCCNC(=O)C(C)N1CCC(CN)CC1. The Hall–Kier alpha value is -0.610. The molecule has 0 bridgehead atoms. The number of hydrogen-bond donors (Lipinski definition) is 2. The van der Waals surface area contributed by atoms with E-state index in [1.54, 1.807) is 0 Å². The number of piperidine rings is 1. The number of amides is 1. The summed E-state index contributed by atoms with van der Waals surface area (Å²) in [5.74, 6) is 0.832. The van der Waals surface area contributed by atoms with Gasteiger partial charge in [0.25, 0.3) is 0 Å². The molecule has 1 fully saturated rings. The minimum Gasteiger partial charge on any atom is -0.355 e. The number of carbonyl (C=O) groups is 1. The van der Waals surface area contributed by atoms with Crippen LogP contribution in [0.1, 0.15) is 46.0 Å². The van der Waals surface area contributed by atoms with Crippen molar-refractivity contribution < 1.29 is 4.79 Å². The van der Waals surface area contributed by atoms with Crippen LogP contribution in [0, 0.1) is 5.92 Å². The summed E-state index contributed by atoms with van der Waals surface area (Å²) < 4.78 is 0. The minimum absolute atomic E-state index is 0.00495. The Kier molecular flexibility index (Phi) is 7.28. The molecule has 1 heterocycles. The van der Waals surface area contributed by atoms with Crippen molar-refractivity contribution in [2.24, 2.45) is 11.7 Å². The van der Waals surface area contributed by atoms with Gasteiger partial charge in [-0.15, -0.1) is 0 Å². The third kappa shape index (κ3) is 4.94. The number of nitrogens with two attached hydrogens (primary N) is 1. The minimum atomic E-state index is 0.00495. The molecule has 1 aliphatic heterocycles. The summed E-state index contributed by atoms with van der Waals surface area (Å²) in [5, 5.41) is 3.03. The van der Waals surface area contributed by atoms with E-state index in [1.807, 2.05) is 6.92 Å². The van der Waals surface area contributed by atoms with Crippen LogP contribution in [-0.4, -0.2) is 43.0 Å². The molecular formula is C14H29N3O. The fraction of sp³-hybridized carbons (Fsp3) is 0.929. The van der Waals surface area contributed by atoms with Crippen LogP contribution in [-0.2, 0) is 4.79 Å². The zero-order valence-electron chi connectivity index (χ0n) is 12.0. The summed E-state index contributed by atoms with van der Waals surface area (Å²) in [5.41, 5.74) is 5.68. The van der Waals surface area contributed by atoms with E-state index in [4.69, 9.17) is 5.73 Å². The molecule has 4 heteroatoms. The van der Waals surface area contributed by atoms with Crippen LogP contribution in [0.3, 0.4) is 0 Å². The number of rotatable bonds is 7. The summed E-state index contributed by atoms with van der Waals surface area (Å²) in [4.78, 5) is 14.3. The highest BCUT2D eigenvalue weighted by Crippen LogP contribution is 2.17. The van der Waals surface area contributed by atoms with Crippen LogP contribution in [0.5, 0.6) is 0 Å². The van der Waals surface area contributed by atoms with Gasteiger partial charge in [0.15, 0.2) is 0 Å². The molecule has 0 aromatic carbocycles. The van der Waals surface area contributed by atoms with Crippen LogP contribution in [0.2, 0.25) is 0 Å². The highest BCUT2D eigenvalue weighted by Gasteiger charge is 2.25. The third-order valence-corrected chi connectivity index (χ3v) is 3.99. The first kappa shape index (κ1) is 15.4. The first-order valence-corrected chi connectivity index (χ1v) is 7.40. The second-order valence-electron chi connectivity index (χ2n) is 5.39. The first-order valence-electron chi connectivity index (χ1n) is 7.40. The first-order chi connectivity index (χ1) is 8.69. The van der Waals surface area contributed by atoms with Crippen molar-refractivity contribution in [1.82, 2.24) is 10.2 Å². The number of carbonyl (C=O) groups excluding carboxylic acids is 1. The highest BCUT2D eigenvalue weighted by molar-refractivity contribution is 5.81. The summed E-state index contributed by atoms with van der Waals surface area (Å²) in [6, 6.07) is 0.00495. The van der Waals surface area contributed by atoms with Gasteiger partial charge in [-0.2, -0.15) is 0 Å². The van der Waals surface area contributed by atoms with Crippen LogP contribution in [0.25, 0.3) is 0 Å². The summed E-state index contributed by atoms with van der Waals surface area (Å²) in [6.45, 7) is 7.79. The van der Waals surface area contributed by atoms with Crippen molar-refractivity contribution in [3.05, 3.63) is 0 Å². The van der Waals surface area contributed by atoms with Crippen molar-refractivity contribution in [3.63, 3.8) is 0 Å². The second-order valence-corrected chi connectivity index (χ2v) is 5.39. The van der Waals surface area contributed by atoms with Crippen LogP contribution < -0.4 is 11.1 Å². The van der Waals surface area contributed by atoms with Gasteiger partial charge in [0.2, 0.25) is 5.91 Å². The van der Waals surface area contributed by atoms with E-state index in [1.165, 1.54) is 12.8 Å². The largest absolute Gasteiger partial charge is 0.355 e. The molecular weight excluding hydrogens is 226 g/mol. The maximum Gasteiger partial charge on any atom is 0.237 e. The zero-order chi connectivity index (χ0) is 13.4. The Balaban J connectivity index is 2.22. The van der Waals surface area contributed by atoms with Crippen molar-refractivity contribution in [2.75, 3.05) is 26.2 Å². The summed E-state index contributed by atoms with van der Waals surface area (Å²) in [6.07, 6.45) is 5.73. The Labute approximate surface area is 111 Å². The fourth-order valence-corrected chi connectivity index (χ4v) is 2.48. The second kappa shape index (κ2) is 8.48. The lowest BCUT2D eigenvalue weighted by Crippen LogP contribution is -2.49. The predicted octanol–water partition coefficient (Wildman–Crippen LogP) is 1.35. The number of nitrogens with one attached hydrogen (secondary N) is 1. The molecule has 0 spiro atoms. The monoisotopic (exact) mass is 255 g/mol. The third-order valence-electron chi connectivity index (χ3n) is 3.99. The van der Waals surface area contributed by atoms with Crippen LogP contribution in [0.15, 0.2) is 0 Å². The van der Waals surface area contributed by atoms with Gasteiger partial charge in [0.1, 0.15) is 0 Å². The van der Waals surface area contributed by atoms with Crippen LogP contribution in [0.4, 0.5) is 0 Å². The number of nitrogens with zero attached hydrogens (tertiary/aromatic N) is 1. The van der Waals surface area contributed by atoms with E-state index in [0.29, 0.717) is 5.92 Å². The molecule has 0 saturated carbocycles. The Morgan fingerprint density at radius 3 is 2.61 bits per heavy atom.